The van der Waals surface area contributed by atoms with Gasteiger partial charge in [0.05, 0.1) is 27.1 Å². The zero-order valence-corrected chi connectivity index (χ0v) is 20.8. The van der Waals surface area contributed by atoms with Crippen molar-refractivity contribution in [3.63, 3.8) is 0 Å². The standard InChI is InChI=1S/C24H33N3O6S/c1-31-21-17-20(18-22(32-2)23(21)33-3)24(28)25-10-16-34(29,30)27-14-12-26(13-15-27)11-9-19-7-5-4-6-8-19/h4-8,17-18H,9-16H2,1-3H3,(H,25,28). The molecule has 0 bridgehead atoms. The molecule has 0 spiro atoms. The number of hydrogen-bond donors (Lipinski definition) is 1. The van der Waals surface area contributed by atoms with E-state index >= 15 is 0 Å². The largest absolute Gasteiger partial charge is 0.493 e. The van der Waals surface area contributed by atoms with Crippen molar-refractivity contribution in [3.05, 3.63) is 53.6 Å². The Labute approximate surface area is 201 Å². The van der Waals surface area contributed by atoms with Gasteiger partial charge in [0, 0.05) is 44.8 Å². The fraction of sp³-hybridized carbons (Fsp3) is 0.458. The second-order valence-corrected chi connectivity index (χ2v) is 10.1. The molecule has 0 atom stereocenters. The first-order valence-corrected chi connectivity index (χ1v) is 12.8. The average Bonchev–Trinajstić information content (AvgIpc) is 2.87. The molecule has 1 amide bonds. The molecule has 1 fully saturated rings. The number of rotatable bonds is 11. The molecule has 9 nitrogen and oxygen atoms in total. The molecule has 1 saturated heterocycles. The van der Waals surface area contributed by atoms with Crippen molar-refractivity contribution in [3.8, 4) is 17.2 Å². The molecule has 10 heteroatoms. The van der Waals surface area contributed by atoms with E-state index in [9.17, 15) is 13.2 Å². The molecule has 0 aromatic heterocycles. The summed E-state index contributed by atoms with van der Waals surface area (Å²) < 4.78 is 42.9. The fourth-order valence-corrected chi connectivity index (χ4v) is 5.24. The van der Waals surface area contributed by atoms with Crippen LogP contribution in [-0.4, -0.2) is 89.9 Å². The number of methoxy groups -OCH3 is 3. The highest BCUT2D eigenvalue weighted by Crippen LogP contribution is 2.38. The molecule has 1 aliphatic heterocycles. The highest BCUT2D eigenvalue weighted by molar-refractivity contribution is 7.89. The maximum absolute atomic E-state index is 12.8. The van der Waals surface area contributed by atoms with E-state index in [4.69, 9.17) is 14.2 Å². The number of carbonyl (C=O) groups excluding carboxylic acids is 1. The molecule has 0 saturated carbocycles. The van der Waals surface area contributed by atoms with Crippen LogP contribution in [-0.2, 0) is 16.4 Å². The van der Waals surface area contributed by atoms with Gasteiger partial charge >= 0.3 is 0 Å². The van der Waals surface area contributed by atoms with Gasteiger partial charge in [-0.2, -0.15) is 4.31 Å². The van der Waals surface area contributed by atoms with Crippen molar-refractivity contribution in [1.29, 1.82) is 0 Å². The SMILES string of the molecule is COc1cc(C(=O)NCCS(=O)(=O)N2CCN(CCc3ccccc3)CC2)cc(OC)c1OC. The van der Waals surface area contributed by atoms with Crippen molar-refractivity contribution in [1.82, 2.24) is 14.5 Å². The first-order valence-electron chi connectivity index (χ1n) is 11.2. The lowest BCUT2D eigenvalue weighted by molar-refractivity contribution is 0.0955. The molecule has 34 heavy (non-hydrogen) atoms. The Morgan fingerprint density at radius 1 is 0.941 bits per heavy atom. The summed E-state index contributed by atoms with van der Waals surface area (Å²) >= 11 is 0. The second-order valence-electron chi connectivity index (χ2n) is 7.96. The van der Waals surface area contributed by atoms with Gasteiger partial charge in [-0.3, -0.25) is 4.79 Å². The van der Waals surface area contributed by atoms with E-state index in [2.05, 4.69) is 22.3 Å². The van der Waals surface area contributed by atoms with Crippen LogP contribution in [0.5, 0.6) is 17.2 Å². The van der Waals surface area contributed by atoms with Crippen LogP contribution in [0.4, 0.5) is 0 Å². The van der Waals surface area contributed by atoms with Gasteiger partial charge in [0.15, 0.2) is 11.5 Å². The quantitative estimate of drug-likeness (QED) is 0.510. The Morgan fingerprint density at radius 2 is 1.56 bits per heavy atom. The van der Waals surface area contributed by atoms with Crippen molar-refractivity contribution < 1.29 is 27.4 Å². The fourth-order valence-electron chi connectivity index (χ4n) is 3.90. The van der Waals surface area contributed by atoms with E-state index in [1.165, 1.54) is 43.3 Å². The van der Waals surface area contributed by atoms with Crippen LogP contribution >= 0.6 is 0 Å². The molecule has 0 aliphatic carbocycles. The number of amides is 1. The van der Waals surface area contributed by atoms with Crippen LogP contribution in [0, 0.1) is 0 Å². The summed E-state index contributed by atoms with van der Waals surface area (Å²) in [7, 11) is 0.945. The van der Waals surface area contributed by atoms with E-state index < -0.39 is 15.9 Å². The summed E-state index contributed by atoms with van der Waals surface area (Å²) in [5.74, 6) is 0.509. The first kappa shape index (κ1) is 25.8. The van der Waals surface area contributed by atoms with Gasteiger partial charge in [0.1, 0.15) is 0 Å². The van der Waals surface area contributed by atoms with Crippen LogP contribution in [0.3, 0.4) is 0 Å². The van der Waals surface area contributed by atoms with Crippen molar-refractivity contribution in [2.24, 2.45) is 0 Å². The van der Waals surface area contributed by atoms with Crippen molar-refractivity contribution in [2.75, 3.05) is 66.4 Å². The lowest BCUT2D eigenvalue weighted by Crippen LogP contribution is -2.50. The molecule has 3 rings (SSSR count). The topological polar surface area (TPSA) is 97.4 Å². The maximum atomic E-state index is 12.8. The lowest BCUT2D eigenvalue weighted by Gasteiger charge is -2.34. The maximum Gasteiger partial charge on any atom is 0.251 e. The Balaban J connectivity index is 1.48. The van der Waals surface area contributed by atoms with Crippen LogP contribution in [0.25, 0.3) is 0 Å². The zero-order valence-electron chi connectivity index (χ0n) is 20.0. The van der Waals surface area contributed by atoms with Gasteiger partial charge in [-0.25, -0.2) is 8.42 Å². The molecular weight excluding hydrogens is 458 g/mol. The molecule has 1 heterocycles. The number of nitrogens with zero attached hydrogens (tertiary/aromatic N) is 2. The molecule has 2 aromatic carbocycles. The summed E-state index contributed by atoms with van der Waals surface area (Å²) in [5.41, 5.74) is 1.57. The predicted octanol–water partition coefficient (Wildman–Crippen LogP) is 1.63. The Morgan fingerprint density at radius 3 is 2.12 bits per heavy atom. The molecule has 186 valence electrons. The van der Waals surface area contributed by atoms with E-state index in [0.29, 0.717) is 49.0 Å². The molecule has 0 unspecified atom stereocenters. The predicted molar refractivity (Wildman–Crippen MR) is 130 cm³/mol. The van der Waals surface area contributed by atoms with E-state index in [-0.39, 0.29) is 12.3 Å². The Kier molecular flexibility index (Phi) is 9.14. The third-order valence-corrected chi connectivity index (χ3v) is 7.73. The van der Waals surface area contributed by atoms with Crippen molar-refractivity contribution in [2.45, 2.75) is 6.42 Å². The summed E-state index contributed by atoms with van der Waals surface area (Å²) in [6, 6.07) is 13.3. The third-order valence-electron chi connectivity index (χ3n) is 5.86. The van der Waals surface area contributed by atoms with Crippen LogP contribution in [0.2, 0.25) is 0 Å². The number of ether oxygens (including phenoxy) is 3. The third kappa shape index (κ3) is 6.62. The number of nitrogens with one attached hydrogen (secondary N) is 1. The second kappa shape index (κ2) is 12.0. The number of sulfonamides is 1. The highest BCUT2D eigenvalue weighted by atomic mass is 32.2. The summed E-state index contributed by atoms with van der Waals surface area (Å²) in [5, 5.41) is 2.67. The van der Waals surface area contributed by atoms with Crippen LogP contribution < -0.4 is 19.5 Å². The molecule has 1 N–H and O–H groups in total. The molecule has 2 aromatic rings. The van der Waals surface area contributed by atoms with Gasteiger partial charge in [-0.15, -0.1) is 0 Å². The van der Waals surface area contributed by atoms with E-state index in [1.54, 1.807) is 0 Å². The van der Waals surface area contributed by atoms with Gasteiger partial charge in [-0.1, -0.05) is 30.3 Å². The van der Waals surface area contributed by atoms with Gasteiger partial charge in [-0.05, 0) is 24.1 Å². The zero-order chi connectivity index (χ0) is 24.6. The summed E-state index contributed by atoms with van der Waals surface area (Å²) in [6.45, 7) is 3.22. The number of benzene rings is 2. The minimum Gasteiger partial charge on any atom is -0.493 e. The lowest BCUT2D eigenvalue weighted by atomic mass is 10.1. The van der Waals surface area contributed by atoms with Gasteiger partial charge < -0.3 is 24.4 Å². The van der Waals surface area contributed by atoms with E-state index in [0.717, 1.165) is 13.0 Å². The Bertz CT molecular complexity index is 1030. The number of hydrogen-bond acceptors (Lipinski definition) is 7. The summed E-state index contributed by atoms with van der Waals surface area (Å²) in [6.07, 6.45) is 0.945. The minimum absolute atomic E-state index is 0.00600. The first-order chi connectivity index (χ1) is 16.4. The number of carbonyl (C=O) groups is 1. The number of piperazine rings is 1. The normalized spacial score (nSPS) is 15.0. The van der Waals surface area contributed by atoms with Gasteiger partial charge in [0.2, 0.25) is 15.8 Å². The van der Waals surface area contributed by atoms with Gasteiger partial charge in [0.25, 0.3) is 5.91 Å². The smallest absolute Gasteiger partial charge is 0.251 e. The molecule has 1 aliphatic rings. The minimum atomic E-state index is -3.47. The van der Waals surface area contributed by atoms with Crippen LogP contribution in [0.1, 0.15) is 15.9 Å². The summed E-state index contributed by atoms with van der Waals surface area (Å²) in [4.78, 5) is 14.9. The molecular formula is C24H33N3O6S. The highest BCUT2D eigenvalue weighted by Gasteiger charge is 2.27. The van der Waals surface area contributed by atoms with Crippen LogP contribution in [0.15, 0.2) is 42.5 Å². The molecule has 0 radical (unpaired) electrons. The Hall–Kier alpha value is -2.82. The van der Waals surface area contributed by atoms with E-state index in [1.807, 2.05) is 18.2 Å². The van der Waals surface area contributed by atoms with Crippen molar-refractivity contribution >= 4 is 15.9 Å². The average molecular weight is 492 g/mol. The monoisotopic (exact) mass is 491 g/mol.